The Labute approximate surface area is 113 Å². The van der Waals surface area contributed by atoms with E-state index in [1.54, 1.807) is 17.0 Å². The van der Waals surface area contributed by atoms with Crippen molar-refractivity contribution in [2.24, 2.45) is 5.92 Å². The topological polar surface area (TPSA) is 49.8 Å². The number of benzene rings is 1. The van der Waals surface area contributed by atoms with Crippen LogP contribution in [0, 0.1) is 18.3 Å². The summed E-state index contributed by atoms with van der Waals surface area (Å²) in [5, 5.41) is 9.71. The zero-order valence-corrected chi connectivity index (χ0v) is 10.9. The van der Waals surface area contributed by atoms with Crippen LogP contribution in [0.25, 0.3) is 0 Å². The molecule has 1 amide bonds. The molecule has 1 N–H and O–H groups in total. The van der Waals surface area contributed by atoms with Gasteiger partial charge in [-0.2, -0.15) is 0 Å². The van der Waals surface area contributed by atoms with E-state index in [-0.39, 0.29) is 11.7 Å². The van der Waals surface area contributed by atoms with Crippen LogP contribution in [0.1, 0.15) is 23.2 Å². The summed E-state index contributed by atoms with van der Waals surface area (Å²) in [4.78, 5) is 14.0. The summed E-state index contributed by atoms with van der Waals surface area (Å²) >= 11 is 0. The van der Waals surface area contributed by atoms with Gasteiger partial charge in [0.2, 0.25) is 0 Å². The maximum Gasteiger partial charge on any atom is 0.254 e. The second kappa shape index (κ2) is 5.66. The third-order valence-electron chi connectivity index (χ3n) is 3.17. The first-order chi connectivity index (χ1) is 9.15. The molecule has 0 spiro atoms. The standard InChI is InChI=1S/C15H17NO3/c1-3-8-16(10-11-4-5-11)15(18)12-6-7-14(19-2)13(17)9-12/h1,6-7,9,11,17H,4-5,8,10H2,2H3. The number of amides is 1. The Kier molecular flexibility index (Phi) is 3.96. The molecular weight excluding hydrogens is 242 g/mol. The fourth-order valence-corrected chi connectivity index (χ4v) is 1.95. The highest BCUT2D eigenvalue weighted by atomic mass is 16.5. The van der Waals surface area contributed by atoms with E-state index in [9.17, 15) is 9.90 Å². The van der Waals surface area contributed by atoms with Gasteiger partial charge in [-0.15, -0.1) is 6.42 Å². The van der Waals surface area contributed by atoms with Crippen LogP contribution in [0.5, 0.6) is 11.5 Å². The van der Waals surface area contributed by atoms with Crippen LogP contribution in [-0.2, 0) is 0 Å². The predicted octanol–water partition coefficient (Wildman–Crippen LogP) is 1.89. The Hall–Kier alpha value is -2.15. The molecule has 100 valence electrons. The van der Waals surface area contributed by atoms with E-state index in [0.717, 1.165) is 12.8 Å². The Balaban J connectivity index is 2.15. The molecule has 0 unspecified atom stereocenters. The van der Waals surface area contributed by atoms with Crippen LogP contribution in [0.2, 0.25) is 0 Å². The molecular formula is C15H17NO3. The lowest BCUT2D eigenvalue weighted by Crippen LogP contribution is -2.33. The van der Waals surface area contributed by atoms with E-state index < -0.39 is 0 Å². The van der Waals surface area contributed by atoms with Gasteiger partial charge in [0.25, 0.3) is 5.91 Å². The Morgan fingerprint density at radius 2 is 2.32 bits per heavy atom. The van der Waals surface area contributed by atoms with Crippen LogP contribution >= 0.6 is 0 Å². The molecule has 4 heteroatoms. The summed E-state index contributed by atoms with van der Waals surface area (Å²) in [6, 6.07) is 4.63. The van der Waals surface area contributed by atoms with Crippen LogP contribution in [0.3, 0.4) is 0 Å². The number of nitrogens with zero attached hydrogens (tertiary/aromatic N) is 1. The van der Waals surface area contributed by atoms with E-state index >= 15 is 0 Å². The molecule has 0 aromatic heterocycles. The average Bonchev–Trinajstić information content (AvgIpc) is 3.21. The molecule has 1 aromatic rings. The zero-order chi connectivity index (χ0) is 13.8. The number of hydrogen-bond donors (Lipinski definition) is 1. The van der Waals surface area contributed by atoms with Crippen LogP contribution < -0.4 is 4.74 Å². The summed E-state index contributed by atoms with van der Waals surface area (Å²) in [5.74, 6) is 3.24. The Morgan fingerprint density at radius 1 is 1.58 bits per heavy atom. The van der Waals surface area contributed by atoms with Gasteiger partial charge in [0.15, 0.2) is 11.5 Å². The number of phenolic OH excluding ortho intramolecular Hbond substituents is 1. The number of phenols is 1. The van der Waals surface area contributed by atoms with E-state index in [1.165, 1.54) is 13.2 Å². The van der Waals surface area contributed by atoms with Crippen molar-refractivity contribution < 1.29 is 14.6 Å². The first-order valence-corrected chi connectivity index (χ1v) is 6.25. The highest BCUT2D eigenvalue weighted by Crippen LogP contribution is 2.31. The van der Waals surface area contributed by atoms with Crippen molar-refractivity contribution in [3.8, 4) is 23.8 Å². The van der Waals surface area contributed by atoms with Gasteiger partial charge >= 0.3 is 0 Å². The maximum absolute atomic E-state index is 12.3. The first-order valence-electron chi connectivity index (χ1n) is 6.25. The van der Waals surface area contributed by atoms with Crippen molar-refractivity contribution in [2.45, 2.75) is 12.8 Å². The molecule has 0 heterocycles. The Bertz CT molecular complexity index is 515. The van der Waals surface area contributed by atoms with Gasteiger partial charge in [-0.1, -0.05) is 5.92 Å². The summed E-state index contributed by atoms with van der Waals surface area (Å²) < 4.78 is 4.95. The fourth-order valence-electron chi connectivity index (χ4n) is 1.95. The molecule has 0 bridgehead atoms. The number of carbonyl (C=O) groups is 1. The second-order valence-electron chi connectivity index (χ2n) is 4.72. The zero-order valence-electron chi connectivity index (χ0n) is 10.9. The van der Waals surface area contributed by atoms with Crippen LogP contribution in [0.4, 0.5) is 0 Å². The normalized spacial score (nSPS) is 13.7. The second-order valence-corrected chi connectivity index (χ2v) is 4.72. The highest BCUT2D eigenvalue weighted by molar-refractivity contribution is 5.95. The third kappa shape index (κ3) is 3.19. The van der Waals surface area contributed by atoms with Crippen molar-refractivity contribution in [1.29, 1.82) is 0 Å². The molecule has 19 heavy (non-hydrogen) atoms. The summed E-state index contributed by atoms with van der Waals surface area (Å²) in [7, 11) is 1.47. The van der Waals surface area contributed by atoms with Gasteiger partial charge in [-0.3, -0.25) is 4.79 Å². The molecule has 0 atom stereocenters. The van der Waals surface area contributed by atoms with Crippen LogP contribution in [-0.4, -0.2) is 36.1 Å². The first kappa shape index (κ1) is 13.3. The van der Waals surface area contributed by atoms with Gasteiger partial charge in [0.05, 0.1) is 13.7 Å². The minimum atomic E-state index is -0.150. The molecule has 1 aliphatic rings. The van der Waals surface area contributed by atoms with Gasteiger partial charge in [-0.25, -0.2) is 0 Å². The lowest BCUT2D eigenvalue weighted by molar-refractivity contribution is 0.0769. The van der Waals surface area contributed by atoms with Crippen LogP contribution in [0.15, 0.2) is 18.2 Å². The monoisotopic (exact) mass is 259 g/mol. The molecule has 2 rings (SSSR count). The Morgan fingerprint density at radius 3 is 2.84 bits per heavy atom. The minimum Gasteiger partial charge on any atom is -0.504 e. The van der Waals surface area contributed by atoms with Gasteiger partial charge in [0, 0.05) is 12.1 Å². The number of hydrogen-bond acceptors (Lipinski definition) is 3. The maximum atomic E-state index is 12.3. The van der Waals surface area contributed by atoms with Crippen molar-refractivity contribution in [3.05, 3.63) is 23.8 Å². The molecule has 1 fully saturated rings. The van der Waals surface area contributed by atoms with Gasteiger partial charge < -0.3 is 14.7 Å². The summed E-state index contributed by atoms with van der Waals surface area (Å²) in [6.45, 7) is 0.984. The minimum absolute atomic E-state index is 0.0413. The van der Waals surface area contributed by atoms with E-state index in [0.29, 0.717) is 30.3 Å². The smallest absolute Gasteiger partial charge is 0.254 e. The lowest BCUT2D eigenvalue weighted by atomic mass is 10.1. The molecule has 4 nitrogen and oxygen atoms in total. The predicted molar refractivity (Wildman–Crippen MR) is 72.1 cm³/mol. The van der Waals surface area contributed by atoms with Crippen molar-refractivity contribution in [3.63, 3.8) is 0 Å². The fraction of sp³-hybridized carbons (Fsp3) is 0.400. The number of methoxy groups -OCH3 is 1. The molecule has 0 radical (unpaired) electrons. The lowest BCUT2D eigenvalue weighted by Gasteiger charge is -2.20. The molecule has 0 aliphatic heterocycles. The quantitative estimate of drug-likeness (QED) is 0.821. The SMILES string of the molecule is C#CCN(CC1CC1)C(=O)c1ccc(OC)c(O)c1. The number of carbonyl (C=O) groups excluding carboxylic acids is 1. The highest BCUT2D eigenvalue weighted by Gasteiger charge is 2.27. The molecule has 1 aromatic carbocycles. The van der Waals surface area contributed by atoms with Gasteiger partial charge in [-0.05, 0) is 37.0 Å². The van der Waals surface area contributed by atoms with E-state index in [4.69, 9.17) is 11.2 Å². The van der Waals surface area contributed by atoms with Crippen molar-refractivity contribution >= 4 is 5.91 Å². The molecule has 1 saturated carbocycles. The van der Waals surface area contributed by atoms with Crippen molar-refractivity contribution in [2.75, 3.05) is 20.2 Å². The number of rotatable bonds is 5. The van der Waals surface area contributed by atoms with Gasteiger partial charge in [0.1, 0.15) is 0 Å². The number of aromatic hydroxyl groups is 1. The van der Waals surface area contributed by atoms with E-state index in [2.05, 4.69) is 5.92 Å². The van der Waals surface area contributed by atoms with E-state index in [1.807, 2.05) is 0 Å². The average molecular weight is 259 g/mol. The molecule has 0 saturated heterocycles. The van der Waals surface area contributed by atoms with Crippen molar-refractivity contribution in [1.82, 2.24) is 4.90 Å². The summed E-state index contributed by atoms with van der Waals surface area (Å²) in [5.41, 5.74) is 0.425. The number of terminal acetylenes is 1. The molecule has 1 aliphatic carbocycles. The third-order valence-corrected chi connectivity index (χ3v) is 3.17. The largest absolute Gasteiger partial charge is 0.504 e. The summed E-state index contributed by atoms with van der Waals surface area (Å²) in [6.07, 6.45) is 7.61. The number of ether oxygens (including phenoxy) is 1.